The third kappa shape index (κ3) is 3.41. The molecular weight excluding hydrogens is 312 g/mol. The van der Waals surface area contributed by atoms with Crippen LogP contribution in [0.1, 0.15) is 36.0 Å². The minimum atomic E-state index is 0.555. The molecule has 0 amide bonds. The maximum atomic E-state index is 4.52. The molecule has 0 bridgehead atoms. The molecule has 0 atom stereocenters. The summed E-state index contributed by atoms with van der Waals surface area (Å²) in [5.41, 5.74) is 2.74. The van der Waals surface area contributed by atoms with Gasteiger partial charge in [0.2, 0.25) is 0 Å². The summed E-state index contributed by atoms with van der Waals surface area (Å²) in [5.74, 6) is 2.87. The predicted molar refractivity (Wildman–Crippen MR) is 99.7 cm³/mol. The van der Waals surface area contributed by atoms with Crippen molar-refractivity contribution in [3.8, 4) is 0 Å². The molecule has 134 valence electrons. The third-order valence-corrected chi connectivity index (χ3v) is 5.47. The number of para-hydroxylation sites is 1. The van der Waals surface area contributed by atoms with E-state index in [1.807, 2.05) is 0 Å². The van der Waals surface area contributed by atoms with Crippen LogP contribution < -0.4 is 10.2 Å². The van der Waals surface area contributed by atoms with Gasteiger partial charge < -0.3 is 14.8 Å². The molecule has 2 aromatic rings. The molecule has 1 aromatic carbocycles. The summed E-state index contributed by atoms with van der Waals surface area (Å²) in [6, 6.07) is 8.72. The average Bonchev–Trinajstić information content (AvgIpc) is 3.07. The molecule has 2 aliphatic rings. The second-order valence-corrected chi connectivity index (χ2v) is 7.38. The van der Waals surface area contributed by atoms with E-state index in [1.54, 1.807) is 0 Å². The van der Waals surface area contributed by atoms with Crippen LogP contribution in [0.25, 0.3) is 0 Å². The highest BCUT2D eigenvalue weighted by atomic mass is 15.3. The largest absolute Gasteiger partial charge is 0.377 e. The summed E-state index contributed by atoms with van der Waals surface area (Å²) < 4.78 is 2.35. The summed E-state index contributed by atoms with van der Waals surface area (Å²) in [5, 5.41) is 12.3. The number of hydrogen-bond donors (Lipinski definition) is 1. The predicted octanol–water partition coefficient (Wildman–Crippen LogP) is 1.83. The van der Waals surface area contributed by atoms with Crippen LogP contribution in [0.5, 0.6) is 0 Å². The normalized spacial score (nSPS) is 19.0. The molecule has 1 aromatic heterocycles. The fourth-order valence-electron chi connectivity index (χ4n) is 4.09. The lowest BCUT2D eigenvalue weighted by Crippen LogP contribution is -2.35. The smallest absolute Gasteiger partial charge is 0.147 e. The van der Waals surface area contributed by atoms with Crippen molar-refractivity contribution in [1.29, 1.82) is 0 Å². The van der Waals surface area contributed by atoms with Gasteiger partial charge in [0.1, 0.15) is 11.6 Å². The molecule has 0 aliphatic carbocycles. The monoisotopic (exact) mass is 340 g/mol. The zero-order valence-electron chi connectivity index (χ0n) is 15.3. The molecule has 4 rings (SSSR count). The minimum absolute atomic E-state index is 0.555. The van der Waals surface area contributed by atoms with Gasteiger partial charge in [0.15, 0.2) is 0 Å². The van der Waals surface area contributed by atoms with Crippen LogP contribution in [0.2, 0.25) is 0 Å². The number of fused-ring (bicyclic) bond motifs is 1. The van der Waals surface area contributed by atoms with Crippen LogP contribution in [-0.2, 0) is 19.6 Å². The van der Waals surface area contributed by atoms with E-state index in [0.717, 1.165) is 45.1 Å². The van der Waals surface area contributed by atoms with E-state index in [4.69, 9.17) is 0 Å². The van der Waals surface area contributed by atoms with E-state index in [-0.39, 0.29) is 0 Å². The molecule has 0 spiro atoms. The lowest BCUT2D eigenvalue weighted by Gasteiger charge is -2.33. The molecule has 1 fully saturated rings. The van der Waals surface area contributed by atoms with Crippen molar-refractivity contribution < 1.29 is 0 Å². The van der Waals surface area contributed by atoms with Crippen LogP contribution in [0.3, 0.4) is 0 Å². The summed E-state index contributed by atoms with van der Waals surface area (Å²) in [4.78, 5) is 4.78. The maximum Gasteiger partial charge on any atom is 0.147 e. The molecule has 1 saturated heterocycles. The third-order valence-electron chi connectivity index (χ3n) is 5.47. The zero-order chi connectivity index (χ0) is 17.2. The van der Waals surface area contributed by atoms with Crippen LogP contribution >= 0.6 is 0 Å². The lowest BCUT2D eigenvalue weighted by atomic mass is 9.95. The number of nitrogens with one attached hydrogen (secondary N) is 1. The van der Waals surface area contributed by atoms with E-state index >= 15 is 0 Å². The Morgan fingerprint density at radius 2 is 1.92 bits per heavy atom. The molecule has 2 aliphatic heterocycles. The Bertz CT molecular complexity index is 714. The first-order chi connectivity index (χ1) is 12.2. The Morgan fingerprint density at radius 1 is 1.12 bits per heavy atom. The van der Waals surface area contributed by atoms with Crippen molar-refractivity contribution >= 4 is 5.69 Å². The first-order valence-corrected chi connectivity index (χ1v) is 9.32. The highest BCUT2D eigenvalue weighted by Gasteiger charge is 2.27. The van der Waals surface area contributed by atoms with Gasteiger partial charge >= 0.3 is 0 Å². The second kappa shape index (κ2) is 7.14. The highest BCUT2D eigenvalue weighted by Crippen LogP contribution is 2.29. The molecule has 6 heteroatoms. The van der Waals surface area contributed by atoms with Gasteiger partial charge in [-0.25, -0.2) is 0 Å². The first-order valence-electron chi connectivity index (χ1n) is 9.32. The van der Waals surface area contributed by atoms with E-state index in [1.165, 1.54) is 29.9 Å². The Balaban J connectivity index is 1.40. The van der Waals surface area contributed by atoms with Gasteiger partial charge in [-0.1, -0.05) is 18.2 Å². The van der Waals surface area contributed by atoms with Gasteiger partial charge in [-0.2, -0.15) is 0 Å². The summed E-state index contributed by atoms with van der Waals surface area (Å²) >= 11 is 0. The molecule has 1 N–H and O–H groups in total. The number of piperidine rings is 1. The maximum absolute atomic E-state index is 4.52. The number of rotatable bonds is 4. The van der Waals surface area contributed by atoms with Crippen LogP contribution in [-0.4, -0.2) is 53.4 Å². The molecule has 3 heterocycles. The first kappa shape index (κ1) is 16.5. The Hall–Kier alpha value is -1.92. The number of benzene rings is 1. The fraction of sp³-hybridized carbons (Fsp3) is 0.579. The number of hydrogen-bond acceptors (Lipinski definition) is 5. The fourth-order valence-corrected chi connectivity index (χ4v) is 4.09. The Kier molecular flexibility index (Phi) is 4.72. The van der Waals surface area contributed by atoms with Crippen molar-refractivity contribution in [3.63, 3.8) is 0 Å². The van der Waals surface area contributed by atoms with Crippen LogP contribution in [0.15, 0.2) is 24.3 Å². The average molecular weight is 340 g/mol. The quantitative estimate of drug-likeness (QED) is 0.920. The van der Waals surface area contributed by atoms with Gasteiger partial charge in [-0.3, -0.25) is 4.90 Å². The minimum Gasteiger partial charge on any atom is -0.377 e. The van der Waals surface area contributed by atoms with Crippen molar-refractivity contribution in [2.24, 2.45) is 0 Å². The van der Waals surface area contributed by atoms with Crippen LogP contribution in [0, 0.1) is 0 Å². The van der Waals surface area contributed by atoms with Gasteiger partial charge in [-0.05, 0) is 37.6 Å². The molecule has 25 heavy (non-hydrogen) atoms. The molecule has 0 radical (unpaired) electrons. The second-order valence-electron chi connectivity index (χ2n) is 7.38. The van der Waals surface area contributed by atoms with Crippen molar-refractivity contribution in [2.75, 3.05) is 38.6 Å². The summed E-state index contributed by atoms with van der Waals surface area (Å²) in [6.45, 7) is 6.18. The van der Waals surface area contributed by atoms with Gasteiger partial charge in [0.05, 0.1) is 6.54 Å². The number of likely N-dealkylation sites (tertiary alicyclic amines) is 1. The van der Waals surface area contributed by atoms with E-state index in [9.17, 15) is 0 Å². The SMILES string of the molecule is CN(C)c1ccccc1CN1CCC(c2nnc3n2CCNC3)CC1. The lowest BCUT2D eigenvalue weighted by molar-refractivity contribution is 0.199. The van der Waals surface area contributed by atoms with E-state index in [2.05, 4.69) is 68.2 Å². The topological polar surface area (TPSA) is 49.2 Å². The Morgan fingerprint density at radius 3 is 2.72 bits per heavy atom. The molecule has 6 nitrogen and oxygen atoms in total. The van der Waals surface area contributed by atoms with Gasteiger partial charge in [-0.15, -0.1) is 10.2 Å². The zero-order valence-corrected chi connectivity index (χ0v) is 15.3. The van der Waals surface area contributed by atoms with Crippen molar-refractivity contribution in [1.82, 2.24) is 25.0 Å². The summed E-state index contributed by atoms with van der Waals surface area (Å²) in [6.07, 6.45) is 2.35. The molecular formula is C19H28N6. The van der Waals surface area contributed by atoms with E-state index in [0.29, 0.717) is 5.92 Å². The van der Waals surface area contributed by atoms with Crippen molar-refractivity contribution in [2.45, 2.75) is 38.4 Å². The standard InChI is InChI=1S/C19H28N6/c1-23(2)17-6-4-3-5-16(17)14-24-10-7-15(8-11-24)19-22-21-18-13-20-9-12-25(18)19/h3-6,15,20H,7-14H2,1-2H3. The number of anilines is 1. The Labute approximate surface area is 149 Å². The van der Waals surface area contributed by atoms with Gasteiger partial charge in [0.25, 0.3) is 0 Å². The summed E-state index contributed by atoms with van der Waals surface area (Å²) in [7, 11) is 4.24. The van der Waals surface area contributed by atoms with Gasteiger partial charge in [0, 0.05) is 45.3 Å². The molecule has 0 unspecified atom stereocenters. The van der Waals surface area contributed by atoms with Crippen LogP contribution in [0.4, 0.5) is 5.69 Å². The number of aromatic nitrogens is 3. The highest BCUT2D eigenvalue weighted by molar-refractivity contribution is 5.52. The van der Waals surface area contributed by atoms with Crippen molar-refractivity contribution in [3.05, 3.63) is 41.5 Å². The number of nitrogens with zero attached hydrogens (tertiary/aromatic N) is 5. The molecule has 0 saturated carbocycles. The van der Waals surface area contributed by atoms with E-state index < -0.39 is 0 Å².